The molecule has 0 aliphatic carbocycles. The third-order valence-corrected chi connectivity index (χ3v) is 5.42. The van der Waals surface area contributed by atoms with Gasteiger partial charge >= 0.3 is 0 Å². The van der Waals surface area contributed by atoms with Crippen molar-refractivity contribution in [2.24, 2.45) is 5.73 Å². The van der Waals surface area contributed by atoms with Crippen LogP contribution in [-0.2, 0) is 21.4 Å². The number of morpholine rings is 1. The van der Waals surface area contributed by atoms with Gasteiger partial charge in [0.15, 0.2) is 0 Å². The number of benzene rings is 1. The van der Waals surface area contributed by atoms with Crippen molar-refractivity contribution in [1.82, 2.24) is 15.0 Å². The Bertz CT molecular complexity index is 727. The van der Waals surface area contributed by atoms with E-state index in [1.54, 1.807) is 0 Å². The maximum Gasteiger partial charge on any atom is 0.234 e. The second-order valence-electron chi connectivity index (χ2n) is 7.11. The molecule has 1 aromatic carbocycles. The molecule has 0 atom stereocenters. The molecule has 0 bridgehead atoms. The zero-order valence-electron chi connectivity index (χ0n) is 15.4. The van der Waals surface area contributed by atoms with Crippen LogP contribution in [0.15, 0.2) is 28.8 Å². The fourth-order valence-electron chi connectivity index (χ4n) is 3.65. The third-order valence-electron chi connectivity index (χ3n) is 5.42. The lowest BCUT2D eigenvalue weighted by Crippen LogP contribution is -2.40. The minimum atomic E-state index is -0.255. The lowest BCUT2D eigenvalue weighted by atomic mass is 9.80. The largest absolute Gasteiger partial charge is 0.381 e. The number of aromatic nitrogens is 2. The molecule has 0 saturated carbocycles. The topological polar surface area (TPSA) is 86.6 Å². The monoisotopic (exact) mass is 394 g/mol. The molecule has 2 N–H and O–H groups in total. The first-order valence-electron chi connectivity index (χ1n) is 9.30. The molecule has 3 heterocycles. The summed E-state index contributed by atoms with van der Waals surface area (Å²) in [5.74, 6) is 1.26. The van der Waals surface area contributed by atoms with Gasteiger partial charge < -0.3 is 19.7 Å². The van der Waals surface area contributed by atoms with Crippen LogP contribution in [0.25, 0.3) is 11.4 Å². The van der Waals surface area contributed by atoms with Crippen LogP contribution in [0.3, 0.4) is 0 Å². The Balaban J connectivity index is 0.00000210. The molecule has 2 aliphatic rings. The second-order valence-corrected chi connectivity index (χ2v) is 7.11. The molecule has 4 rings (SSSR count). The summed E-state index contributed by atoms with van der Waals surface area (Å²) in [5.41, 5.74) is 8.01. The highest BCUT2D eigenvalue weighted by Crippen LogP contribution is 2.33. The van der Waals surface area contributed by atoms with Crippen LogP contribution in [0.5, 0.6) is 0 Å². The molecule has 0 unspecified atom stereocenters. The van der Waals surface area contributed by atoms with Gasteiger partial charge in [0.2, 0.25) is 11.7 Å². The van der Waals surface area contributed by atoms with Gasteiger partial charge in [-0.3, -0.25) is 4.90 Å². The van der Waals surface area contributed by atoms with Gasteiger partial charge in [0, 0.05) is 45.0 Å². The van der Waals surface area contributed by atoms with Gasteiger partial charge in [0.1, 0.15) is 0 Å². The Morgan fingerprint density at radius 1 is 1.07 bits per heavy atom. The third kappa shape index (κ3) is 4.50. The zero-order chi connectivity index (χ0) is 17.8. The predicted molar refractivity (Wildman–Crippen MR) is 104 cm³/mol. The maximum atomic E-state index is 6.05. The molecule has 0 radical (unpaired) electrons. The SMILES string of the molecule is Cl.NCC1(c2nc(-c3cccc(CN4CCOCC4)c3)no2)CCOCC1. The molecular weight excluding hydrogens is 368 g/mol. The summed E-state index contributed by atoms with van der Waals surface area (Å²) >= 11 is 0. The Hall–Kier alpha value is -1.51. The first kappa shape index (κ1) is 20.2. The van der Waals surface area contributed by atoms with Crippen molar-refractivity contribution < 1.29 is 14.0 Å². The van der Waals surface area contributed by atoms with Crippen molar-refractivity contribution in [2.75, 3.05) is 46.1 Å². The molecule has 2 aliphatic heterocycles. The van der Waals surface area contributed by atoms with Gasteiger partial charge in [-0.25, -0.2) is 0 Å². The van der Waals surface area contributed by atoms with Gasteiger partial charge in [0.05, 0.1) is 18.6 Å². The molecular formula is C19H27ClN4O3. The van der Waals surface area contributed by atoms with E-state index in [4.69, 9.17) is 19.7 Å². The second kappa shape index (κ2) is 9.12. The minimum absolute atomic E-state index is 0. The molecule has 2 fully saturated rings. The standard InChI is InChI=1S/C19H26N4O3.ClH/c20-14-19(4-8-24-9-5-19)18-21-17(22-26-18)16-3-1-2-15(12-16)13-23-6-10-25-11-7-23;/h1-3,12H,4-11,13-14,20H2;1H. The molecule has 8 heteroatoms. The molecule has 148 valence electrons. The minimum Gasteiger partial charge on any atom is -0.381 e. The summed E-state index contributed by atoms with van der Waals surface area (Å²) < 4.78 is 16.5. The number of ether oxygens (including phenoxy) is 2. The summed E-state index contributed by atoms with van der Waals surface area (Å²) in [6.07, 6.45) is 1.64. The van der Waals surface area contributed by atoms with Crippen LogP contribution >= 0.6 is 12.4 Å². The Morgan fingerprint density at radius 3 is 2.56 bits per heavy atom. The molecule has 0 amide bonds. The predicted octanol–water partition coefficient (Wildman–Crippen LogP) is 2.00. The number of halogens is 1. The van der Waals surface area contributed by atoms with E-state index in [9.17, 15) is 0 Å². The van der Waals surface area contributed by atoms with Crippen LogP contribution in [0.2, 0.25) is 0 Å². The van der Waals surface area contributed by atoms with E-state index in [0.29, 0.717) is 31.5 Å². The lowest BCUT2D eigenvalue weighted by molar-refractivity contribution is 0.0342. The average Bonchev–Trinajstić information content (AvgIpc) is 3.20. The highest BCUT2D eigenvalue weighted by molar-refractivity contribution is 5.85. The Morgan fingerprint density at radius 2 is 1.81 bits per heavy atom. The fraction of sp³-hybridized carbons (Fsp3) is 0.579. The summed E-state index contributed by atoms with van der Waals surface area (Å²) in [6, 6.07) is 8.36. The van der Waals surface area contributed by atoms with Gasteiger partial charge in [-0.05, 0) is 24.5 Å². The summed E-state index contributed by atoms with van der Waals surface area (Å²) in [4.78, 5) is 7.09. The Kier molecular flexibility index (Phi) is 6.83. The van der Waals surface area contributed by atoms with Crippen LogP contribution in [0, 0.1) is 0 Å². The van der Waals surface area contributed by atoms with Gasteiger partial charge in [-0.15, -0.1) is 12.4 Å². The van der Waals surface area contributed by atoms with Gasteiger partial charge in [0.25, 0.3) is 0 Å². The summed E-state index contributed by atoms with van der Waals surface area (Å²) in [5, 5.41) is 4.23. The highest BCUT2D eigenvalue weighted by atomic mass is 35.5. The lowest BCUT2D eigenvalue weighted by Gasteiger charge is -2.32. The van der Waals surface area contributed by atoms with Crippen molar-refractivity contribution in [2.45, 2.75) is 24.8 Å². The van der Waals surface area contributed by atoms with Crippen LogP contribution in [0.1, 0.15) is 24.3 Å². The van der Waals surface area contributed by atoms with Crippen molar-refractivity contribution in [1.29, 1.82) is 0 Å². The molecule has 2 aromatic rings. The van der Waals surface area contributed by atoms with Crippen LogP contribution in [0.4, 0.5) is 0 Å². The smallest absolute Gasteiger partial charge is 0.234 e. The van der Waals surface area contributed by atoms with Crippen molar-refractivity contribution in [3.05, 3.63) is 35.7 Å². The maximum absolute atomic E-state index is 6.05. The van der Waals surface area contributed by atoms with Crippen molar-refractivity contribution >= 4 is 12.4 Å². The van der Waals surface area contributed by atoms with E-state index < -0.39 is 0 Å². The molecule has 27 heavy (non-hydrogen) atoms. The normalized spacial score (nSPS) is 20.2. The van der Waals surface area contributed by atoms with E-state index in [1.165, 1.54) is 5.56 Å². The highest BCUT2D eigenvalue weighted by Gasteiger charge is 2.38. The van der Waals surface area contributed by atoms with Crippen molar-refractivity contribution in [3.63, 3.8) is 0 Å². The van der Waals surface area contributed by atoms with E-state index in [0.717, 1.165) is 51.3 Å². The quantitative estimate of drug-likeness (QED) is 0.829. The van der Waals surface area contributed by atoms with E-state index in [1.807, 2.05) is 12.1 Å². The van der Waals surface area contributed by atoms with E-state index >= 15 is 0 Å². The average molecular weight is 395 g/mol. The summed E-state index contributed by atoms with van der Waals surface area (Å²) in [7, 11) is 0. The molecule has 1 aromatic heterocycles. The first-order chi connectivity index (χ1) is 12.8. The number of nitrogens with two attached hydrogens (primary N) is 1. The van der Waals surface area contributed by atoms with Crippen LogP contribution in [-0.4, -0.2) is 61.1 Å². The Labute approximate surface area is 165 Å². The van der Waals surface area contributed by atoms with Gasteiger partial charge in [-0.1, -0.05) is 23.4 Å². The number of nitrogens with zero attached hydrogens (tertiary/aromatic N) is 3. The molecule has 2 saturated heterocycles. The molecule has 0 spiro atoms. The van der Waals surface area contributed by atoms with Crippen molar-refractivity contribution in [3.8, 4) is 11.4 Å². The number of hydrogen-bond donors (Lipinski definition) is 1. The fourth-order valence-corrected chi connectivity index (χ4v) is 3.65. The number of rotatable bonds is 5. The van der Waals surface area contributed by atoms with Crippen LogP contribution < -0.4 is 5.73 Å². The molecule has 7 nitrogen and oxygen atoms in total. The van der Waals surface area contributed by atoms with Gasteiger partial charge in [-0.2, -0.15) is 4.98 Å². The van der Waals surface area contributed by atoms with E-state index in [-0.39, 0.29) is 17.8 Å². The summed E-state index contributed by atoms with van der Waals surface area (Å²) in [6.45, 7) is 6.32. The number of hydrogen-bond acceptors (Lipinski definition) is 7. The zero-order valence-corrected chi connectivity index (χ0v) is 16.2. The van der Waals surface area contributed by atoms with E-state index in [2.05, 4.69) is 27.2 Å². The first-order valence-corrected chi connectivity index (χ1v) is 9.30.